The number of carbonyl (C=O) groups is 1. The molecular weight excluding hydrogens is 186 g/mol. The number of rotatable bonds is 3. The molecule has 0 saturated carbocycles. The van der Waals surface area contributed by atoms with Gasteiger partial charge in [0.2, 0.25) is 0 Å². The number of benzene rings is 1. The minimum absolute atomic E-state index is 0.659. The number of H-pyrrole nitrogens is 1. The molecule has 15 heavy (non-hydrogen) atoms. The third-order valence-electron chi connectivity index (χ3n) is 2.16. The highest BCUT2D eigenvalue weighted by molar-refractivity contribution is 6.12. The Morgan fingerprint density at radius 3 is 2.47 bits per heavy atom. The maximum atomic E-state index is 10.9. The van der Waals surface area contributed by atoms with Crippen LogP contribution in [0.25, 0.3) is 11.6 Å². The van der Waals surface area contributed by atoms with E-state index >= 15 is 0 Å². The lowest BCUT2D eigenvalue weighted by Gasteiger charge is -1.96. The Bertz CT molecular complexity index is 455. The number of hydrogen-bond donors (Lipinski definition) is 1. The summed E-state index contributed by atoms with van der Waals surface area (Å²) in [7, 11) is 0. The first kappa shape index (κ1) is 9.46. The zero-order valence-corrected chi connectivity index (χ0v) is 8.18. The molecule has 0 fully saturated rings. The normalized spacial score (nSPS) is 11.3. The predicted molar refractivity (Wildman–Crippen MR) is 61.2 cm³/mol. The molecule has 0 unspecified atom stereocenters. The van der Waals surface area contributed by atoms with Crippen LogP contribution in [0.1, 0.15) is 11.3 Å². The summed E-state index contributed by atoms with van der Waals surface area (Å²) in [6.07, 6.45) is 4.52. The summed E-state index contributed by atoms with van der Waals surface area (Å²) in [4.78, 5) is 13.9. The highest BCUT2D eigenvalue weighted by atomic mass is 16.1. The number of allylic oxidation sites excluding steroid dienone is 1. The zero-order chi connectivity index (χ0) is 10.5. The number of nitrogens with one attached hydrogen (secondary N) is 1. The second-order valence-corrected chi connectivity index (χ2v) is 3.21. The Hall–Kier alpha value is -2.09. The molecule has 0 amide bonds. The third kappa shape index (κ3) is 2.23. The summed E-state index contributed by atoms with van der Waals surface area (Å²) in [5.74, 6) is 0. The molecule has 2 heteroatoms. The molecule has 0 saturated heterocycles. The van der Waals surface area contributed by atoms with Crippen molar-refractivity contribution >= 4 is 17.9 Å². The number of aromatic amines is 1. The molecule has 0 aliphatic heterocycles. The van der Waals surface area contributed by atoms with Gasteiger partial charge in [0.25, 0.3) is 0 Å². The standard InChI is InChI=1S/C13H11NO/c15-10-12(13-7-4-8-14-13)9-11-5-2-1-3-6-11/h1-10,14H. The Morgan fingerprint density at radius 1 is 1.07 bits per heavy atom. The van der Waals surface area contributed by atoms with Gasteiger partial charge < -0.3 is 4.98 Å². The minimum atomic E-state index is 0.659. The van der Waals surface area contributed by atoms with Gasteiger partial charge in [0.1, 0.15) is 0 Å². The quantitative estimate of drug-likeness (QED) is 0.595. The highest BCUT2D eigenvalue weighted by Gasteiger charge is 1.99. The second-order valence-electron chi connectivity index (χ2n) is 3.21. The van der Waals surface area contributed by atoms with Crippen LogP contribution in [0.4, 0.5) is 0 Å². The molecule has 2 rings (SSSR count). The fourth-order valence-electron chi connectivity index (χ4n) is 1.41. The molecule has 2 nitrogen and oxygen atoms in total. The van der Waals surface area contributed by atoms with Crippen LogP contribution in [-0.2, 0) is 4.79 Å². The lowest BCUT2D eigenvalue weighted by molar-refractivity contribution is -0.103. The van der Waals surface area contributed by atoms with Gasteiger partial charge in [-0.2, -0.15) is 0 Å². The van der Waals surface area contributed by atoms with Crippen LogP contribution >= 0.6 is 0 Å². The molecule has 0 aliphatic rings. The molecule has 1 heterocycles. The molecule has 1 aromatic heterocycles. The van der Waals surface area contributed by atoms with E-state index in [2.05, 4.69) is 4.98 Å². The summed E-state index contributed by atoms with van der Waals surface area (Å²) >= 11 is 0. The van der Waals surface area contributed by atoms with Gasteiger partial charge in [0, 0.05) is 17.5 Å². The summed E-state index contributed by atoms with van der Waals surface area (Å²) < 4.78 is 0. The minimum Gasteiger partial charge on any atom is -0.361 e. The van der Waals surface area contributed by atoms with Crippen molar-refractivity contribution in [3.05, 3.63) is 59.9 Å². The van der Waals surface area contributed by atoms with E-state index in [1.807, 2.05) is 48.5 Å². The summed E-state index contributed by atoms with van der Waals surface area (Å²) in [6, 6.07) is 13.5. The maximum absolute atomic E-state index is 10.9. The molecule has 1 aromatic carbocycles. The predicted octanol–water partition coefficient (Wildman–Crippen LogP) is 2.75. The van der Waals surface area contributed by atoms with E-state index in [9.17, 15) is 4.79 Å². The molecule has 0 atom stereocenters. The van der Waals surface area contributed by atoms with Gasteiger partial charge in [-0.3, -0.25) is 4.79 Å². The Kier molecular flexibility index (Phi) is 2.79. The average molecular weight is 197 g/mol. The van der Waals surface area contributed by atoms with E-state index < -0.39 is 0 Å². The number of aldehydes is 1. The zero-order valence-electron chi connectivity index (χ0n) is 8.18. The van der Waals surface area contributed by atoms with Gasteiger partial charge in [-0.25, -0.2) is 0 Å². The first-order valence-electron chi connectivity index (χ1n) is 4.76. The van der Waals surface area contributed by atoms with Gasteiger partial charge in [-0.1, -0.05) is 30.3 Å². The van der Waals surface area contributed by atoms with E-state index in [4.69, 9.17) is 0 Å². The molecular formula is C13H11NO. The summed E-state index contributed by atoms with van der Waals surface area (Å²) in [5.41, 5.74) is 2.52. The van der Waals surface area contributed by atoms with Crippen molar-refractivity contribution in [3.63, 3.8) is 0 Å². The molecule has 1 N–H and O–H groups in total. The molecule has 0 bridgehead atoms. The SMILES string of the molecule is O=CC(=Cc1ccccc1)c1ccc[nH]1. The van der Waals surface area contributed by atoms with Gasteiger partial charge in [0.15, 0.2) is 6.29 Å². The van der Waals surface area contributed by atoms with Crippen molar-refractivity contribution in [2.24, 2.45) is 0 Å². The summed E-state index contributed by atoms with van der Waals surface area (Å²) in [6.45, 7) is 0. The Balaban J connectivity index is 2.36. The van der Waals surface area contributed by atoms with Gasteiger partial charge >= 0.3 is 0 Å². The fourth-order valence-corrected chi connectivity index (χ4v) is 1.41. The summed E-state index contributed by atoms with van der Waals surface area (Å²) in [5, 5.41) is 0. The largest absolute Gasteiger partial charge is 0.361 e. The van der Waals surface area contributed by atoms with Gasteiger partial charge in [-0.15, -0.1) is 0 Å². The smallest absolute Gasteiger partial charge is 0.152 e. The van der Waals surface area contributed by atoms with Crippen molar-refractivity contribution in [1.29, 1.82) is 0 Å². The lowest BCUT2D eigenvalue weighted by atomic mass is 10.1. The van der Waals surface area contributed by atoms with Crippen molar-refractivity contribution in [2.45, 2.75) is 0 Å². The molecule has 2 aromatic rings. The van der Waals surface area contributed by atoms with Crippen LogP contribution in [0.3, 0.4) is 0 Å². The van der Waals surface area contributed by atoms with Crippen molar-refractivity contribution < 1.29 is 4.79 Å². The molecule has 74 valence electrons. The number of hydrogen-bond acceptors (Lipinski definition) is 1. The fraction of sp³-hybridized carbons (Fsp3) is 0. The van der Waals surface area contributed by atoms with E-state index in [1.54, 1.807) is 6.20 Å². The molecule has 0 spiro atoms. The van der Waals surface area contributed by atoms with Crippen LogP contribution in [0.15, 0.2) is 48.7 Å². The van der Waals surface area contributed by atoms with Crippen LogP contribution in [0, 0.1) is 0 Å². The van der Waals surface area contributed by atoms with Crippen molar-refractivity contribution in [3.8, 4) is 0 Å². The third-order valence-corrected chi connectivity index (χ3v) is 2.16. The van der Waals surface area contributed by atoms with Gasteiger partial charge in [0.05, 0.1) is 0 Å². The van der Waals surface area contributed by atoms with Crippen LogP contribution < -0.4 is 0 Å². The molecule has 0 radical (unpaired) electrons. The van der Waals surface area contributed by atoms with E-state index in [-0.39, 0.29) is 0 Å². The number of aromatic nitrogens is 1. The Labute approximate surface area is 88.3 Å². The number of carbonyl (C=O) groups excluding carboxylic acids is 1. The first-order chi connectivity index (χ1) is 7.40. The highest BCUT2D eigenvalue weighted by Crippen LogP contribution is 2.13. The van der Waals surface area contributed by atoms with Crippen LogP contribution in [0.2, 0.25) is 0 Å². The second kappa shape index (κ2) is 4.42. The van der Waals surface area contributed by atoms with Crippen molar-refractivity contribution in [1.82, 2.24) is 4.98 Å². The van der Waals surface area contributed by atoms with Crippen molar-refractivity contribution in [2.75, 3.05) is 0 Å². The maximum Gasteiger partial charge on any atom is 0.152 e. The van der Waals surface area contributed by atoms with Gasteiger partial charge in [-0.05, 0) is 23.8 Å². The van der Waals surface area contributed by atoms with E-state index in [1.165, 1.54) is 0 Å². The first-order valence-corrected chi connectivity index (χ1v) is 4.76. The van der Waals surface area contributed by atoms with E-state index in [0.717, 1.165) is 17.5 Å². The van der Waals surface area contributed by atoms with Crippen LogP contribution in [-0.4, -0.2) is 11.3 Å². The average Bonchev–Trinajstić information content (AvgIpc) is 2.81. The van der Waals surface area contributed by atoms with Crippen LogP contribution in [0.5, 0.6) is 0 Å². The topological polar surface area (TPSA) is 32.9 Å². The van der Waals surface area contributed by atoms with E-state index in [0.29, 0.717) is 5.57 Å². The lowest BCUT2D eigenvalue weighted by Crippen LogP contribution is -1.85. The monoisotopic (exact) mass is 197 g/mol. The molecule has 0 aliphatic carbocycles. The Morgan fingerprint density at radius 2 is 1.87 bits per heavy atom.